The van der Waals surface area contributed by atoms with Crippen LogP contribution in [0.25, 0.3) is 34.0 Å². The molecule has 0 bridgehead atoms. The Hall–Kier alpha value is -3.81. The van der Waals surface area contributed by atoms with Crippen LogP contribution in [0.5, 0.6) is 0 Å². The number of benzene rings is 3. The lowest BCUT2D eigenvalue weighted by Crippen LogP contribution is -2.33. The van der Waals surface area contributed by atoms with Gasteiger partial charge in [-0.3, -0.25) is 9.69 Å². The van der Waals surface area contributed by atoms with E-state index < -0.39 is 5.60 Å². The summed E-state index contributed by atoms with van der Waals surface area (Å²) in [6.45, 7) is 10.7. The second-order valence-electron chi connectivity index (χ2n) is 11.6. The van der Waals surface area contributed by atoms with Crippen molar-refractivity contribution in [3.63, 3.8) is 0 Å². The van der Waals surface area contributed by atoms with E-state index in [1.807, 2.05) is 26.8 Å². The van der Waals surface area contributed by atoms with E-state index in [9.17, 15) is 4.79 Å². The molecule has 0 saturated heterocycles. The largest absolute Gasteiger partial charge is 0.460 e. The van der Waals surface area contributed by atoms with Crippen molar-refractivity contribution in [3.8, 4) is 34.0 Å². The van der Waals surface area contributed by atoms with E-state index in [1.165, 1.54) is 22.3 Å². The number of fused-ring (bicyclic) bond motifs is 1. The Morgan fingerprint density at radius 1 is 0.976 bits per heavy atom. The van der Waals surface area contributed by atoms with Crippen LogP contribution in [0, 0.1) is 0 Å². The van der Waals surface area contributed by atoms with Gasteiger partial charge in [-0.25, -0.2) is 0 Å². The molecule has 214 valence electrons. The molecule has 1 aliphatic heterocycles. The van der Waals surface area contributed by atoms with E-state index in [2.05, 4.69) is 71.6 Å². The number of esters is 1. The molecular formula is C34H39N3O4. The van der Waals surface area contributed by atoms with E-state index in [1.54, 1.807) is 7.11 Å². The Morgan fingerprint density at radius 2 is 1.76 bits per heavy atom. The molecule has 0 spiro atoms. The topological polar surface area (TPSA) is 77.7 Å². The quantitative estimate of drug-likeness (QED) is 0.209. The van der Waals surface area contributed by atoms with E-state index in [4.69, 9.17) is 19.0 Å². The molecule has 0 N–H and O–H groups in total. The smallest absolute Gasteiger partial charge is 0.307 e. The van der Waals surface area contributed by atoms with Crippen LogP contribution in [0.3, 0.4) is 0 Å². The molecule has 0 fully saturated rings. The number of methoxy groups -OCH3 is 1. The minimum atomic E-state index is -0.461. The lowest BCUT2D eigenvalue weighted by atomic mass is 9.93. The average molecular weight is 554 g/mol. The standard InChI is InChI=1S/C34H39N3O4/c1-6-23-9-7-8-10-29(23)30-14-13-26(20-28(30)22-39-5)33-35-32(36-41-33)25-12-11-24-15-17-37(21-27(24)19-25)18-16-31(38)40-34(2,3)4/h7-14,19-20H,6,15-18,21-22H2,1-5H3. The maximum absolute atomic E-state index is 12.2. The average Bonchev–Trinajstić information content (AvgIpc) is 3.45. The van der Waals surface area contributed by atoms with Gasteiger partial charge in [0, 0.05) is 37.9 Å². The van der Waals surface area contributed by atoms with Crippen LogP contribution in [0.1, 0.15) is 56.4 Å². The van der Waals surface area contributed by atoms with Gasteiger partial charge < -0.3 is 14.0 Å². The summed E-state index contributed by atoms with van der Waals surface area (Å²) in [4.78, 5) is 19.3. The number of nitrogens with zero attached hydrogens (tertiary/aromatic N) is 3. The molecule has 0 saturated carbocycles. The Labute approximate surface area is 242 Å². The number of carbonyl (C=O) groups is 1. The van der Waals surface area contributed by atoms with Crippen molar-refractivity contribution < 1.29 is 18.8 Å². The Kier molecular flexibility index (Phi) is 8.66. The maximum atomic E-state index is 12.2. The Balaban J connectivity index is 1.33. The number of carbonyl (C=O) groups excluding carboxylic acids is 1. The minimum absolute atomic E-state index is 0.160. The van der Waals surface area contributed by atoms with Crippen LogP contribution < -0.4 is 0 Å². The second kappa shape index (κ2) is 12.4. The number of aromatic nitrogens is 2. The van der Waals surface area contributed by atoms with Gasteiger partial charge in [-0.15, -0.1) is 0 Å². The summed E-state index contributed by atoms with van der Waals surface area (Å²) in [7, 11) is 1.71. The molecule has 0 atom stereocenters. The highest BCUT2D eigenvalue weighted by Crippen LogP contribution is 2.33. The lowest BCUT2D eigenvalue weighted by Gasteiger charge is -2.29. The van der Waals surface area contributed by atoms with Gasteiger partial charge in [0.25, 0.3) is 5.89 Å². The summed E-state index contributed by atoms with van der Waals surface area (Å²) in [6, 6.07) is 21.1. The molecule has 0 aliphatic carbocycles. The van der Waals surface area contributed by atoms with E-state index in [0.717, 1.165) is 48.2 Å². The number of ether oxygens (including phenoxy) is 2. The van der Waals surface area contributed by atoms with Gasteiger partial charge in [0.1, 0.15) is 5.60 Å². The van der Waals surface area contributed by atoms with Crippen molar-refractivity contribution >= 4 is 5.97 Å². The van der Waals surface area contributed by atoms with Gasteiger partial charge in [0.2, 0.25) is 5.82 Å². The third-order valence-corrected chi connectivity index (χ3v) is 7.37. The van der Waals surface area contributed by atoms with E-state index in [-0.39, 0.29) is 5.97 Å². The fraction of sp³-hybridized carbons (Fsp3) is 0.382. The predicted octanol–water partition coefficient (Wildman–Crippen LogP) is 6.87. The van der Waals surface area contributed by atoms with Gasteiger partial charge in [0.15, 0.2) is 0 Å². The summed E-state index contributed by atoms with van der Waals surface area (Å²) < 4.78 is 16.8. The van der Waals surface area contributed by atoms with Gasteiger partial charge in [-0.2, -0.15) is 4.98 Å². The number of aryl methyl sites for hydroxylation is 1. The van der Waals surface area contributed by atoms with E-state index in [0.29, 0.717) is 31.3 Å². The summed E-state index contributed by atoms with van der Waals surface area (Å²) in [6.07, 6.45) is 2.28. The van der Waals surface area contributed by atoms with Gasteiger partial charge in [0.05, 0.1) is 13.0 Å². The molecular weight excluding hydrogens is 514 g/mol. The molecule has 4 aromatic rings. The van der Waals surface area contributed by atoms with Crippen molar-refractivity contribution in [2.45, 2.75) is 65.7 Å². The number of hydrogen-bond donors (Lipinski definition) is 0. The van der Waals surface area contributed by atoms with Crippen LogP contribution in [0.15, 0.2) is 65.2 Å². The summed E-state index contributed by atoms with van der Waals surface area (Å²) in [5, 5.41) is 4.32. The summed E-state index contributed by atoms with van der Waals surface area (Å²) in [5.74, 6) is 0.874. The third kappa shape index (κ3) is 6.92. The first-order chi connectivity index (χ1) is 19.7. The SMILES string of the molecule is CCc1ccccc1-c1ccc(-c2nc(-c3ccc4c(c3)CN(CCC(=O)OC(C)(C)C)CC4)no2)cc1COC. The Bertz CT molecular complexity index is 1520. The summed E-state index contributed by atoms with van der Waals surface area (Å²) in [5.41, 5.74) is 8.60. The monoisotopic (exact) mass is 553 g/mol. The maximum Gasteiger partial charge on any atom is 0.307 e. The molecule has 0 unspecified atom stereocenters. The van der Waals surface area contributed by atoms with Crippen LogP contribution in [0.4, 0.5) is 0 Å². The highest BCUT2D eigenvalue weighted by atomic mass is 16.6. The fourth-order valence-electron chi connectivity index (χ4n) is 5.40. The second-order valence-corrected chi connectivity index (χ2v) is 11.6. The van der Waals surface area contributed by atoms with Crippen molar-refractivity contribution in [1.29, 1.82) is 0 Å². The van der Waals surface area contributed by atoms with Crippen molar-refractivity contribution in [1.82, 2.24) is 15.0 Å². The van der Waals surface area contributed by atoms with Crippen molar-refractivity contribution in [2.75, 3.05) is 20.2 Å². The molecule has 7 nitrogen and oxygen atoms in total. The molecule has 7 heteroatoms. The van der Waals surface area contributed by atoms with Crippen LogP contribution in [-0.4, -0.2) is 46.8 Å². The van der Waals surface area contributed by atoms with Crippen molar-refractivity contribution in [2.24, 2.45) is 0 Å². The molecule has 3 aromatic carbocycles. The van der Waals surface area contributed by atoms with Gasteiger partial charge in [-0.1, -0.05) is 54.5 Å². The number of rotatable bonds is 9. The minimum Gasteiger partial charge on any atom is -0.460 e. The zero-order valence-corrected chi connectivity index (χ0v) is 24.7. The number of hydrogen-bond acceptors (Lipinski definition) is 7. The first-order valence-electron chi connectivity index (χ1n) is 14.3. The summed E-state index contributed by atoms with van der Waals surface area (Å²) >= 11 is 0. The first-order valence-corrected chi connectivity index (χ1v) is 14.3. The zero-order valence-electron chi connectivity index (χ0n) is 24.7. The normalized spacial score (nSPS) is 13.7. The van der Waals surface area contributed by atoms with E-state index >= 15 is 0 Å². The zero-order chi connectivity index (χ0) is 29.0. The highest BCUT2D eigenvalue weighted by Gasteiger charge is 2.21. The molecule has 0 radical (unpaired) electrons. The molecule has 1 aromatic heterocycles. The fourth-order valence-corrected chi connectivity index (χ4v) is 5.40. The highest BCUT2D eigenvalue weighted by molar-refractivity contribution is 5.74. The molecule has 41 heavy (non-hydrogen) atoms. The Morgan fingerprint density at radius 3 is 2.54 bits per heavy atom. The van der Waals surface area contributed by atoms with Crippen LogP contribution in [-0.2, 0) is 40.3 Å². The lowest BCUT2D eigenvalue weighted by molar-refractivity contribution is -0.155. The predicted molar refractivity (Wildman–Crippen MR) is 160 cm³/mol. The first kappa shape index (κ1) is 28.7. The molecule has 1 aliphatic rings. The molecule has 5 rings (SSSR count). The third-order valence-electron chi connectivity index (χ3n) is 7.37. The molecule has 0 amide bonds. The van der Waals surface area contributed by atoms with Crippen LogP contribution >= 0.6 is 0 Å². The molecule has 2 heterocycles. The van der Waals surface area contributed by atoms with Crippen LogP contribution in [0.2, 0.25) is 0 Å². The van der Waals surface area contributed by atoms with Gasteiger partial charge in [-0.05, 0) is 85.2 Å². The van der Waals surface area contributed by atoms with Crippen molar-refractivity contribution in [3.05, 3.63) is 82.9 Å². The van der Waals surface area contributed by atoms with Gasteiger partial charge >= 0.3 is 5.97 Å².